The van der Waals surface area contributed by atoms with E-state index in [1.165, 1.54) is 0 Å². The Bertz CT molecular complexity index is 845. The molecule has 0 radical (unpaired) electrons. The molecule has 0 saturated carbocycles. The monoisotopic (exact) mass is 347 g/mol. The molecule has 0 aromatic heterocycles. The molecule has 0 atom stereocenters. The summed E-state index contributed by atoms with van der Waals surface area (Å²) in [6, 6.07) is 24.9. The first-order chi connectivity index (χ1) is 12.7. The van der Waals surface area contributed by atoms with Gasteiger partial charge in [0.15, 0.2) is 0 Å². The van der Waals surface area contributed by atoms with E-state index in [0.717, 1.165) is 22.6 Å². The molecule has 0 aliphatic carbocycles. The fourth-order valence-corrected chi connectivity index (χ4v) is 2.54. The van der Waals surface area contributed by atoms with Crippen LogP contribution >= 0.6 is 0 Å². The van der Waals surface area contributed by atoms with Gasteiger partial charge >= 0.3 is 0 Å². The van der Waals surface area contributed by atoms with Gasteiger partial charge in [0.1, 0.15) is 18.1 Å². The Labute approximate surface area is 153 Å². The van der Waals surface area contributed by atoms with Gasteiger partial charge in [0.2, 0.25) is 5.91 Å². The molecule has 0 fully saturated rings. The molecule has 0 aliphatic heterocycles. The lowest BCUT2D eigenvalue weighted by Gasteiger charge is -2.09. The van der Waals surface area contributed by atoms with Crippen LogP contribution in [0.4, 0.5) is 5.69 Å². The largest absolute Gasteiger partial charge is 0.497 e. The van der Waals surface area contributed by atoms with Crippen LogP contribution in [0, 0.1) is 0 Å². The molecule has 1 amide bonds. The zero-order valence-electron chi connectivity index (χ0n) is 14.6. The van der Waals surface area contributed by atoms with Crippen LogP contribution in [0.15, 0.2) is 78.9 Å². The number of hydrogen-bond acceptors (Lipinski definition) is 3. The second-order valence-electron chi connectivity index (χ2n) is 5.88. The minimum absolute atomic E-state index is 0.0730. The molecule has 0 spiro atoms. The number of nitrogens with one attached hydrogen (secondary N) is 1. The van der Waals surface area contributed by atoms with Crippen LogP contribution in [0.3, 0.4) is 0 Å². The van der Waals surface area contributed by atoms with E-state index in [-0.39, 0.29) is 5.91 Å². The van der Waals surface area contributed by atoms with E-state index in [9.17, 15) is 4.79 Å². The van der Waals surface area contributed by atoms with Crippen LogP contribution in [0.1, 0.15) is 11.1 Å². The van der Waals surface area contributed by atoms with Gasteiger partial charge in [0.25, 0.3) is 0 Å². The van der Waals surface area contributed by atoms with Crippen LogP contribution in [0.5, 0.6) is 11.5 Å². The van der Waals surface area contributed by atoms with Gasteiger partial charge in [-0.3, -0.25) is 4.79 Å². The number of ether oxygens (including phenoxy) is 2. The molecule has 1 N–H and O–H groups in total. The zero-order chi connectivity index (χ0) is 18.2. The molecular weight excluding hydrogens is 326 g/mol. The average Bonchev–Trinajstić information content (AvgIpc) is 2.68. The van der Waals surface area contributed by atoms with Gasteiger partial charge in [0.05, 0.1) is 13.5 Å². The van der Waals surface area contributed by atoms with Crippen molar-refractivity contribution >= 4 is 11.6 Å². The molecule has 0 aliphatic rings. The van der Waals surface area contributed by atoms with E-state index in [1.54, 1.807) is 13.2 Å². The van der Waals surface area contributed by atoms with Crippen molar-refractivity contribution in [2.45, 2.75) is 13.0 Å². The van der Waals surface area contributed by atoms with Gasteiger partial charge in [0, 0.05) is 11.8 Å². The maximum Gasteiger partial charge on any atom is 0.228 e. The summed E-state index contributed by atoms with van der Waals surface area (Å²) in [6.45, 7) is 0.524. The second-order valence-corrected chi connectivity index (χ2v) is 5.88. The molecule has 0 bridgehead atoms. The summed E-state index contributed by atoms with van der Waals surface area (Å²) < 4.78 is 10.9. The van der Waals surface area contributed by atoms with Crippen LogP contribution in [-0.4, -0.2) is 13.0 Å². The third kappa shape index (κ3) is 5.11. The molecule has 26 heavy (non-hydrogen) atoms. The van der Waals surface area contributed by atoms with Crippen LogP contribution in [0.2, 0.25) is 0 Å². The topological polar surface area (TPSA) is 47.6 Å². The number of rotatable bonds is 7. The lowest BCUT2D eigenvalue weighted by atomic mass is 10.1. The van der Waals surface area contributed by atoms with E-state index in [2.05, 4.69) is 5.32 Å². The van der Waals surface area contributed by atoms with Gasteiger partial charge in [-0.05, 0) is 35.4 Å². The fraction of sp³-hybridized carbons (Fsp3) is 0.136. The molecule has 132 valence electrons. The molecule has 0 saturated heterocycles. The second kappa shape index (κ2) is 8.72. The minimum atomic E-state index is -0.0730. The van der Waals surface area contributed by atoms with Gasteiger partial charge in [-0.15, -0.1) is 0 Å². The van der Waals surface area contributed by atoms with Crippen molar-refractivity contribution in [2.24, 2.45) is 0 Å². The first kappa shape index (κ1) is 17.5. The van der Waals surface area contributed by atoms with E-state index in [4.69, 9.17) is 9.47 Å². The third-order valence-corrected chi connectivity index (χ3v) is 3.89. The highest BCUT2D eigenvalue weighted by molar-refractivity contribution is 5.92. The SMILES string of the molecule is COc1cccc(NC(=O)Cc2ccc(OCc3ccccc3)cc2)c1. The first-order valence-corrected chi connectivity index (χ1v) is 8.42. The Morgan fingerprint density at radius 3 is 2.35 bits per heavy atom. The Hall–Kier alpha value is -3.27. The molecule has 0 unspecified atom stereocenters. The summed E-state index contributed by atoms with van der Waals surface area (Å²) in [6.07, 6.45) is 0.302. The normalized spacial score (nSPS) is 10.2. The van der Waals surface area contributed by atoms with Crippen molar-refractivity contribution < 1.29 is 14.3 Å². The lowest BCUT2D eigenvalue weighted by molar-refractivity contribution is -0.115. The average molecular weight is 347 g/mol. The van der Waals surface area contributed by atoms with E-state index in [1.807, 2.05) is 72.8 Å². The molecule has 0 heterocycles. The van der Waals surface area contributed by atoms with Gasteiger partial charge in [-0.25, -0.2) is 0 Å². The summed E-state index contributed by atoms with van der Waals surface area (Å²) in [7, 11) is 1.60. The molecular formula is C22H21NO3. The summed E-state index contributed by atoms with van der Waals surface area (Å²) in [5.41, 5.74) is 2.77. The van der Waals surface area contributed by atoms with Crippen LogP contribution in [0.25, 0.3) is 0 Å². The maximum atomic E-state index is 12.2. The maximum absolute atomic E-state index is 12.2. The molecule has 4 heteroatoms. The predicted molar refractivity (Wildman–Crippen MR) is 103 cm³/mol. The zero-order valence-corrected chi connectivity index (χ0v) is 14.6. The van der Waals surface area contributed by atoms with Gasteiger partial charge in [-0.1, -0.05) is 48.5 Å². The summed E-state index contributed by atoms with van der Waals surface area (Å²) >= 11 is 0. The Balaban J connectivity index is 1.52. The number of hydrogen-bond donors (Lipinski definition) is 1. The van der Waals surface area contributed by atoms with E-state index < -0.39 is 0 Å². The number of carbonyl (C=O) groups excluding carboxylic acids is 1. The van der Waals surface area contributed by atoms with Crippen molar-refractivity contribution in [1.82, 2.24) is 0 Å². The Morgan fingerprint density at radius 2 is 1.62 bits per heavy atom. The summed E-state index contributed by atoms with van der Waals surface area (Å²) in [5.74, 6) is 1.42. The minimum Gasteiger partial charge on any atom is -0.497 e. The number of anilines is 1. The summed E-state index contributed by atoms with van der Waals surface area (Å²) in [5, 5.41) is 2.88. The molecule has 4 nitrogen and oxygen atoms in total. The van der Waals surface area contributed by atoms with Crippen molar-refractivity contribution in [3.05, 3.63) is 90.0 Å². The Morgan fingerprint density at radius 1 is 0.846 bits per heavy atom. The highest BCUT2D eigenvalue weighted by Crippen LogP contribution is 2.18. The van der Waals surface area contributed by atoms with Crippen molar-refractivity contribution in [3.63, 3.8) is 0 Å². The molecule has 3 rings (SSSR count). The number of carbonyl (C=O) groups is 1. The predicted octanol–water partition coefficient (Wildman–Crippen LogP) is 4.46. The van der Waals surface area contributed by atoms with Crippen molar-refractivity contribution in [2.75, 3.05) is 12.4 Å². The van der Waals surface area contributed by atoms with Crippen LogP contribution < -0.4 is 14.8 Å². The quantitative estimate of drug-likeness (QED) is 0.687. The van der Waals surface area contributed by atoms with Gasteiger partial charge in [-0.2, -0.15) is 0 Å². The number of benzene rings is 3. The van der Waals surface area contributed by atoms with E-state index in [0.29, 0.717) is 18.8 Å². The standard InChI is InChI=1S/C22H21NO3/c1-25-21-9-5-8-19(15-21)23-22(24)14-17-10-12-20(13-11-17)26-16-18-6-3-2-4-7-18/h2-13,15H,14,16H2,1H3,(H,23,24). The lowest BCUT2D eigenvalue weighted by Crippen LogP contribution is -2.14. The van der Waals surface area contributed by atoms with Crippen molar-refractivity contribution in [3.8, 4) is 11.5 Å². The highest BCUT2D eigenvalue weighted by Gasteiger charge is 2.05. The fourth-order valence-electron chi connectivity index (χ4n) is 2.54. The number of amides is 1. The molecule has 3 aromatic rings. The van der Waals surface area contributed by atoms with E-state index >= 15 is 0 Å². The number of methoxy groups -OCH3 is 1. The highest BCUT2D eigenvalue weighted by atomic mass is 16.5. The summed E-state index contributed by atoms with van der Waals surface area (Å²) in [4.78, 5) is 12.2. The van der Waals surface area contributed by atoms with Gasteiger partial charge < -0.3 is 14.8 Å². The smallest absolute Gasteiger partial charge is 0.228 e. The Kier molecular flexibility index (Phi) is 5.88. The van der Waals surface area contributed by atoms with Crippen molar-refractivity contribution in [1.29, 1.82) is 0 Å². The third-order valence-electron chi connectivity index (χ3n) is 3.89. The molecule has 3 aromatic carbocycles. The first-order valence-electron chi connectivity index (χ1n) is 8.42. The van der Waals surface area contributed by atoms with Crippen LogP contribution in [-0.2, 0) is 17.8 Å².